The number of rotatable bonds is 4. The van der Waals surface area contributed by atoms with E-state index in [1.807, 2.05) is 49.9 Å². The second-order valence-corrected chi connectivity index (χ2v) is 6.03. The van der Waals surface area contributed by atoms with E-state index in [2.05, 4.69) is 5.32 Å². The molecule has 4 heteroatoms. The van der Waals surface area contributed by atoms with Crippen molar-refractivity contribution in [2.24, 2.45) is 5.41 Å². The van der Waals surface area contributed by atoms with Crippen LogP contribution in [0.4, 0.5) is 0 Å². The van der Waals surface area contributed by atoms with Gasteiger partial charge in [-0.15, -0.1) is 0 Å². The first kappa shape index (κ1) is 14.9. The van der Waals surface area contributed by atoms with E-state index >= 15 is 0 Å². The number of piperazine rings is 1. The van der Waals surface area contributed by atoms with Crippen LogP contribution in [0.1, 0.15) is 19.4 Å². The number of hydrogen-bond acceptors (Lipinski definition) is 3. The number of benzene rings is 1. The number of nitrogens with one attached hydrogen (secondary N) is 1. The topological polar surface area (TPSA) is 41.6 Å². The molecule has 2 rings (SSSR count). The minimum atomic E-state index is -0.498. The fraction of sp³-hybridized carbons (Fsp3) is 0.562. The van der Waals surface area contributed by atoms with Gasteiger partial charge in [0.15, 0.2) is 0 Å². The molecule has 1 aliphatic heterocycles. The zero-order valence-electron chi connectivity index (χ0n) is 12.6. The first-order valence-corrected chi connectivity index (χ1v) is 7.19. The van der Waals surface area contributed by atoms with Crippen LogP contribution in [0.5, 0.6) is 5.75 Å². The minimum Gasteiger partial charge on any atom is -0.492 e. The van der Waals surface area contributed by atoms with E-state index in [4.69, 9.17) is 4.74 Å². The first-order valence-electron chi connectivity index (χ1n) is 7.19. The van der Waals surface area contributed by atoms with Gasteiger partial charge in [0.25, 0.3) is 0 Å². The number of aryl methyl sites for hydroxylation is 1. The molecule has 0 bridgehead atoms. The van der Waals surface area contributed by atoms with Gasteiger partial charge in [-0.25, -0.2) is 0 Å². The monoisotopic (exact) mass is 276 g/mol. The first-order chi connectivity index (χ1) is 9.49. The Bertz CT molecular complexity index is 448. The van der Waals surface area contributed by atoms with Crippen LogP contribution in [0.15, 0.2) is 24.3 Å². The van der Waals surface area contributed by atoms with Gasteiger partial charge in [-0.05, 0) is 32.9 Å². The van der Waals surface area contributed by atoms with Gasteiger partial charge in [0, 0.05) is 26.2 Å². The Balaban J connectivity index is 1.92. The van der Waals surface area contributed by atoms with Crippen LogP contribution in [-0.2, 0) is 4.79 Å². The second-order valence-electron chi connectivity index (χ2n) is 6.03. The van der Waals surface area contributed by atoms with Crippen molar-refractivity contribution < 1.29 is 9.53 Å². The van der Waals surface area contributed by atoms with Crippen molar-refractivity contribution in [3.63, 3.8) is 0 Å². The Kier molecular flexibility index (Phi) is 4.65. The molecule has 0 radical (unpaired) electrons. The zero-order chi connectivity index (χ0) is 14.6. The van der Waals surface area contributed by atoms with Crippen molar-refractivity contribution in [2.75, 3.05) is 32.8 Å². The molecule has 1 heterocycles. The number of ether oxygens (including phenoxy) is 1. The maximum absolute atomic E-state index is 12.5. The van der Waals surface area contributed by atoms with Crippen LogP contribution in [0.25, 0.3) is 0 Å². The Morgan fingerprint density at radius 3 is 2.45 bits per heavy atom. The summed E-state index contributed by atoms with van der Waals surface area (Å²) in [5.41, 5.74) is 0.705. The summed E-state index contributed by atoms with van der Waals surface area (Å²) in [7, 11) is 0. The molecule has 1 aromatic carbocycles. The van der Waals surface area contributed by atoms with Gasteiger partial charge in [0.05, 0.1) is 5.41 Å². The lowest BCUT2D eigenvalue weighted by Crippen LogP contribution is -2.51. The molecule has 1 aliphatic rings. The number of carbonyl (C=O) groups is 1. The van der Waals surface area contributed by atoms with Gasteiger partial charge in [-0.1, -0.05) is 17.7 Å². The van der Waals surface area contributed by atoms with Crippen molar-refractivity contribution in [1.29, 1.82) is 0 Å². The highest BCUT2D eigenvalue weighted by Crippen LogP contribution is 2.22. The molecule has 20 heavy (non-hydrogen) atoms. The molecule has 0 spiro atoms. The van der Waals surface area contributed by atoms with E-state index in [0.29, 0.717) is 6.61 Å². The zero-order valence-corrected chi connectivity index (χ0v) is 12.6. The van der Waals surface area contributed by atoms with Crippen LogP contribution in [0.3, 0.4) is 0 Å². The summed E-state index contributed by atoms with van der Waals surface area (Å²) >= 11 is 0. The van der Waals surface area contributed by atoms with Crippen LogP contribution < -0.4 is 10.1 Å². The number of hydrogen-bond donors (Lipinski definition) is 1. The van der Waals surface area contributed by atoms with Crippen molar-refractivity contribution in [1.82, 2.24) is 10.2 Å². The highest BCUT2D eigenvalue weighted by atomic mass is 16.5. The summed E-state index contributed by atoms with van der Waals surface area (Å²) in [6, 6.07) is 7.92. The van der Waals surface area contributed by atoms with Gasteiger partial charge in [-0.2, -0.15) is 0 Å². The Labute approximate surface area is 121 Å². The van der Waals surface area contributed by atoms with Gasteiger partial charge < -0.3 is 15.0 Å². The van der Waals surface area contributed by atoms with E-state index in [0.717, 1.165) is 31.9 Å². The number of amides is 1. The van der Waals surface area contributed by atoms with E-state index in [1.165, 1.54) is 5.56 Å². The Morgan fingerprint density at radius 1 is 1.25 bits per heavy atom. The normalized spacial score (nSPS) is 16.1. The van der Waals surface area contributed by atoms with E-state index in [1.54, 1.807) is 0 Å². The maximum Gasteiger partial charge on any atom is 0.231 e. The van der Waals surface area contributed by atoms with E-state index in [-0.39, 0.29) is 5.91 Å². The Hall–Kier alpha value is -1.55. The Morgan fingerprint density at radius 2 is 1.85 bits per heavy atom. The third-order valence-electron chi connectivity index (χ3n) is 3.60. The van der Waals surface area contributed by atoms with Crippen LogP contribution in [0.2, 0.25) is 0 Å². The number of carbonyl (C=O) groups excluding carboxylic acids is 1. The quantitative estimate of drug-likeness (QED) is 0.912. The van der Waals surface area contributed by atoms with Gasteiger partial charge in [0.2, 0.25) is 5.91 Å². The summed E-state index contributed by atoms with van der Waals surface area (Å²) in [6.45, 7) is 9.67. The standard InChI is InChI=1S/C16H24N2O2/c1-13-4-6-14(7-5-13)20-12-16(2,3)15(19)18-10-8-17-9-11-18/h4-7,17H,8-12H2,1-3H3. The molecule has 0 atom stereocenters. The summed E-state index contributed by atoms with van der Waals surface area (Å²) in [6.07, 6.45) is 0. The lowest BCUT2D eigenvalue weighted by atomic mass is 9.92. The lowest BCUT2D eigenvalue weighted by Gasteiger charge is -2.34. The highest BCUT2D eigenvalue weighted by Gasteiger charge is 2.33. The van der Waals surface area contributed by atoms with Crippen LogP contribution in [-0.4, -0.2) is 43.6 Å². The summed E-state index contributed by atoms with van der Waals surface area (Å²) < 4.78 is 5.77. The SMILES string of the molecule is Cc1ccc(OCC(C)(C)C(=O)N2CCNCC2)cc1. The maximum atomic E-state index is 12.5. The van der Waals surface area contributed by atoms with Crippen molar-refractivity contribution in [2.45, 2.75) is 20.8 Å². The molecule has 0 saturated carbocycles. The molecular weight excluding hydrogens is 252 g/mol. The smallest absolute Gasteiger partial charge is 0.231 e. The van der Waals surface area contributed by atoms with Gasteiger partial charge >= 0.3 is 0 Å². The van der Waals surface area contributed by atoms with E-state index < -0.39 is 5.41 Å². The highest BCUT2D eigenvalue weighted by molar-refractivity contribution is 5.82. The van der Waals surface area contributed by atoms with Crippen molar-refractivity contribution in [3.05, 3.63) is 29.8 Å². The minimum absolute atomic E-state index is 0.172. The van der Waals surface area contributed by atoms with Crippen molar-refractivity contribution in [3.8, 4) is 5.75 Å². The molecular formula is C16H24N2O2. The third-order valence-corrected chi connectivity index (χ3v) is 3.60. The average Bonchev–Trinajstić information content (AvgIpc) is 2.47. The predicted octanol–water partition coefficient (Wildman–Crippen LogP) is 1.83. The fourth-order valence-electron chi connectivity index (χ4n) is 2.26. The molecule has 0 aromatic heterocycles. The molecule has 1 saturated heterocycles. The largest absolute Gasteiger partial charge is 0.492 e. The fourth-order valence-corrected chi connectivity index (χ4v) is 2.26. The lowest BCUT2D eigenvalue weighted by molar-refractivity contribution is -0.142. The predicted molar refractivity (Wildman–Crippen MR) is 79.9 cm³/mol. The molecule has 0 unspecified atom stereocenters. The second kappa shape index (κ2) is 6.27. The molecule has 1 amide bonds. The summed E-state index contributed by atoms with van der Waals surface area (Å²) in [5.74, 6) is 0.989. The number of nitrogens with zero attached hydrogens (tertiary/aromatic N) is 1. The van der Waals surface area contributed by atoms with Crippen molar-refractivity contribution >= 4 is 5.91 Å². The summed E-state index contributed by atoms with van der Waals surface area (Å²) in [5, 5.41) is 3.26. The molecule has 0 aliphatic carbocycles. The molecule has 1 aromatic rings. The van der Waals surface area contributed by atoms with E-state index in [9.17, 15) is 4.79 Å². The van der Waals surface area contributed by atoms with Gasteiger partial charge in [-0.3, -0.25) is 4.79 Å². The van der Waals surface area contributed by atoms with Crippen LogP contribution in [0, 0.1) is 12.3 Å². The average molecular weight is 276 g/mol. The van der Waals surface area contributed by atoms with Gasteiger partial charge in [0.1, 0.15) is 12.4 Å². The molecule has 4 nitrogen and oxygen atoms in total. The van der Waals surface area contributed by atoms with Crippen LogP contribution >= 0.6 is 0 Å². The third kappa shape index (κ3) is 3.73. The summed E-state index contributed by atoms with van der Waals surface area (Å²) in [4.78, 5) is 14.4. The molecule has 1 fully saturated rings. The molecule has 1 N–H and O–H groups in total. The molecule has 110 valence electrons.